The molecule has 0 radical (unpaired) electrons. The Morgan fingerprint density at radius 3 is 2.62 bits per heavy atom. The number of fused-ring (bicyclic) bond motifs is 1. The lowest BCUT2D eigenvalue weighted by Crippen LogP contribution is -2.19. The fourth-order valence-electron chi connectivity index (χ4n) is 2.56. The van der Waals surface area contributed by atoms with E-state index in [2.05, 4.69) is 4.99 Å². The second kappa shape index (κ2) is 8.38. The highest BCUT2D eigenvalue weighted by atomic mass is 35.5. The predicted molar refractivity (Wildman–Crippen MR) is 104 cm³/mol. The van der Waals surface area contributed by atoms with Crippen molar-refractivity contribution in [2.45, 2.75) is 20.4 Å². The number of carbonyl (C=O) groups excluding carboxylic acids is 1. The van der Waals surface area contributed by atoms with Crippen molar-refractivity contribution in [2.75, 3.05) is 13.2 Å². The van der Waals surface area contributed by atoms with Gasteiger partial charge in [-0.25, -0.2) is 0 Å². The molecule has 5 nitrogen and oxygen atoms in total. The summed E-state index contributed by atoms with van der Waals surface area (Å²) in [6.45, 7) is 5.11. The van der Waals surface area contributed by atoms with Crippen molar-refractivity contribution in [3.63, 3.8) is 0 Å². The van der Waals surface area contributed by atoms with Crippen LogP contribution in [0.3, 0.4) is 0 Å². The van der Waals surface area contributed by atoms with Gasteiger partial charge in [-0.15, -0.1) is 0 Å². The number of thiazole rings is 1. The van der Waals surface area contributed by atoms with Crippen LogP contribution in [0.4, 0.5) is 0 Å². The average molecular weight is 391 g/mol. The van der Waals surface area contributed by atoms with Crippen molar-refractivity contribution in [3.8, 4) is 11.5 Å². The molecule has 1 amide bonds. The number of hydrogen-bond donors (Lipinski definition) is 0. The third-order valence-electron chi connectivity index (χ3n) is 3.68. The van der Waals surface area contributed by atoms with E-state index >= 15 is 0 Å². The van der Waals surface area contributed by atoms with Crippen molar-refractivity contribution < 1.29 is 14.3 Å². The van der Waals surface area contributed by atoms with Crippen LogP contribution in [0.25, 0.3) is 10.2 Å². The first kappa shape index (κ1) is 18.5. The summed E-state index contributed by atoms with van der Waals surface area (Å²) in [5, 5.41) is 0.618. The maximum Gasteiger partial charge on any atom is 0.286 e. The van der Waals surface area contributed by atoms with Gasteiger partial charge in [-0.2, -0.15) is 4.99 Å². The fourth-order valence-corrected chi connectivity index (χ4v) is 3.82. The highest BCUT2D eigenvalue weighted by Crippen LogP contribution is 2.27. The van der Waals surface area contributed by atoms with Crippen LogP contribution in [-0.2, 0) is 11.3 Å². The first-order valence-corrected chi connectivity index (χ1v) is 9.53. The summed E-state index contributed by atoms with van der Waals surface area (Å²) in [5.41, 5.74) is 0.965. The number of carbonyl (C=O) groups is 1. The summed E-state index contributed by atoms with van der Waals surface area (Å²) in [5.74, 6) is 1.04. The molecule has 0 spiro atoms. The monoisotopic (exact) mass is 390 g/mol. The molecule has 26 heavy (non-hydrogen) atoms. The second-order valence-electron chi connectivity index (χ2n) is 5.41. The predicted octanol–water partition coefficient (Wildman–Crippen LogP) is 4.28. The van der Waals surface area contributed by atoms with E-state index in [-0.39, 0.29) is 12.5 Å². The van der Waals surface area contributed by atoms with Gasteiger partial charge >= 0.3 is 0 Å². The molecular weight excluding hydrogens is 372 g/mol. The van der Waals surface area contributed by atoms with Gasteiger partial charge in [0, 0.05) is 11.6 Å². The normalized spacial score (nSPS) is 11.7. The number of halogens is 1. The van der Waals surface area contributed by atoms with Crippen LogP contribution in [0.15, 0.2) is 47.5 Å². The molecule has 2 aromatic carbocycles. The summed E-state index contributed by atoms with van der Waals surface area (Å²) >= 11 is 7.30. The Balaban J connectivity index is 1.87. The van der Waals surface area contributed by atoms with Crippen LogP contribution in [0.2, 0.25) is 5.02 Å². The van der Waals surface area contributed by atoms with Gasteiger partial charge < -0.3 is 14.0 Å². The van der Waals surface area contributed by atoms with Crippen molar-refractivity contribution in [1.29, 1.82) is 0 Å². The van der Waals surface area contributed by atoms with E-state index in [9.17, 15) is 4.79 Å². The van der Waals surface area contributed by atoms with Gasteiger partial charge in [0.05, 0.1) is 11.3 Å². The van der Waals surface area contributed by atoms with Crippen LogP contribution < -0.4 is 14.3 Å². The third-order valence-corrected chi connectivity index (χ3v) is 4.97. The lowest BCUT2D eigenvalue weighted by atomic mass is 10.3. The molecule has 3 rings (SSSR count). The topological polar surface area (TPSA) is 52.8 Å². The summed E-state index contributed by atoms with van der Waals surface area (Å²) < 4.78 is 14.2. The Morgan fingerprint density at radius 2 is 1.92 bits per heavy atom. The van der Waals surface area contributed by atoms with E-state index in [4.69, 9.17) is 21.1 Å². The molecule has 0 unspecified atom stereocenters. The molecule has 0 aliphatic rings. The zero-order chi connectivity index (χ0) is 18.5. The third kappa shape index (κ3) is 4.08. The van der Waals surface area contributed by atoms with Gasteiger partial charge in [-0.1, -0.05) is 29.0 Å². The molecule has 0 aliphatic carbocycles. The minimum absolute atomic E-state index is 0.127. The van der Waals surface area contributed by atoms with Crippen LogP contribution in [0.1, 0.15) is 13.8 Å². The van der Waals surface area contributed by atoms with E-state index < -0.39 is 0 Å². The number of para-hydroxylation sites is 1. The number of rotatable bonds is 6. The number of benzene rings is 2. The lowest BCUT2D eigenvalue weighted by Gasteiger charge is -2.07. The maximum absolute atomic E-state index is 12.3. The minimum atomic E-state index is -0.341. The molecule has 0 atom stereocenters. The molecule has 1 heterocycles. The number of aryl methyl sites for hydroxylation is 1. The molecule has 0 saturated heterocycles. The summed E-state index contributed by atoms with van der Waals surface area (Å²) in [7, 11) is 0. The van der Waals surface area contributed by atoms with Crippen molar-refractivity contribution in [1.82, 2.24) is 4.57 Å². The molecule has 0 aliphatic heterocycles. The average Bonchev–Trinajstić information content (AvgIpc) is 2.99. The molecule has 0 fully saturated rings. The molecule has 0 saturated carbocycles. The Kier molecular flexibility index (Phi) is 5.96. The Hall–Kier alpha value is -2.31. The van der Waals surface area contributed by atoms with Gasteiger partial charge in [0.15, 0.2) is 11.4 Å². The van der Waals surface area contributed by atoms with Crippen LogP contribution in [0, 0.1) is 0 Å². The Labute approximate surface area is 160 Å². The van der Waals surface area contributed by atoms with Gasteiger partial charge in [0.25, 0.3) is 5.91 Å². The molecule has 7 heteroatoms. The summed E-state index contributed by atoms with van der Waals surface area (Å²) in [6, 6.07) is 12.7. The highest BCUT2D eigenvalue weighted by molar-refractivity contribution is 7.16. The van der Waals surface area contributed by atoms with Crippen molar-refractivity contribution >= 4 is 39.1 Å². The molecular formula is C19H19ClN2O3S. The van der Waals surface area contributed by atoms with Gasteiger partial charge in [-0.05, 0) is 50.2 Å². The molecule has 0 N–H and O–H groups in total. The molecule has 1 aromatic heterocycles. The molecule has 3 aromatic rings. The van der Waals surface area contributed by atoms with E-state index in [1.54, 1.807) is 24.3 Å². The number of ether oxygens (including phenoxy) is 2. The zero-order valence-corrected chi connectivity index (χ0v) is 16.1. The number of nitrogens with zero attached hydrogens (tertiary/aromatic N) is 2. The van der Waals surface area contributed by atoms with E-state index in [0.717, 1.165) is 16.0 Å². The standard InChI is InChI=1S/C19H19ClN2O3S/c1-3-22-18-15(24-4-2)6-5-7-16(18)26-19(22)21-17(23)12-25-14-10-8-13(20)9-11-14/h5-11H,3-4,12H2,1-2H3. The maximum atomic E-state index is 12.3. The second-order valence-corrected chi connectivity index (χ2v) is 6.86. The van der Waals surface area contributed by atoms with Crippen LogP contribution in [0.5, 0.6) is 11.5 Å². The van der Waals surface area contributed by atoms with E-state index in [0.29, 0.717) is 28.7 Å². The first-order chi connectivity index (χ1) is 12.6. The molecule has 0 bridgehead atoms. The van der Waals surface area contributed by atoms with Gasteiger partial charge in [-0.3, -0.25) is 4.79 Å². The first-order valence-electron chi connectivity index (χ1n) is 8.33. The van der Waals surface area contributed by atoms with E-state index in [1.165, 1.54) is 11.3 Å². The summed E-state index contributed by atoms with van der Waals surface area (Å²) in [4.78, 5) is 17.1. The van der Waals surface area contributed by atoms with E-state index in [1.807, 2.05) is 36.6 Å². The minimum Gasteiger partial charge on any atom is -0.492 e. The SMILES string of the molecule is CCOc1cccc2sc(=NC(=O)COc3ccc(Cl)cc3)n(CC)c12. The van der Waals surface area contributed by atoms with Crippen LogP contribution >= 0.6 is 22.9 Å². The van der Waals surface area contributed by atoms with Gasteiger partial charge in [0.2, 0.25) is 0 Å². The van der Waals surface area contributed by atoms with Gasteiger partial charge in [0.1, 0.15) is 17.0 Å². The largest absolute Gasteiger partial charge is 0.492 e. The number of aromatic nitrogens is 1. The Bertz CT molecular complexity index is 977. The molecule has 136 valence electrons. The highest BCUT2D eigenvalue weighted by Gasteiger charge is 2.11. The zero-order valence-electron chi connectivity index (χ0n) is 14.6. The van der Waals surface area contributed by atoms with Crippen LogP contribution in [-0.4, -0.2) is 23.7 Å². The quantitative estimate of drug-likeness (QED) is 0.631. The summed E-state index contributed by atoms with van der Waals surface area (Å²) in [6.07, 6.45) is 0. The Morgan fingerprint density at radius 1 is 1.15 bits per heavy atom. The fraction of sp³-hybridized carbons (Fsp3) is 0.263. The van der Waals surface area contributed by atoms with Crippen molar-refractivity contribution in [3.05, 3.63) is 52.3 Å². The number of amides is 1. The lowest BCUT2D eigenvalue weighted by molar-refractivity contribution is -0.120. The number of hydrogen-bond acceptors (Lipinski definition) is 4. The van der Waals surface area contributed by atoms with Crippen molar-refractivity contribution in [2.24, 2.45) is 4.99 Å². The smallest absolute Gasteiger partial charge is 0.286 e.